The Bertz CT molecular complexity index is 959. The number of ether oxygens (including phenoxy) is 1. The second-order valence-electron chi connectivity index (χ2n) is 9.26. The van der Waals surface area contributed by atoms with Gasteiger partial charge in [-0.1, -0.05) is 20.8 Å². The molecule has 1 aliphatic rings. The van der Waals surface area contributed by atoms with Gasteiger partial charge in [-0.15, -0.1) is 22.7 Å². The van der Waals surface area contributed by atoms with Crippen molar-refractivity contribution in [3.05, 3.63) is 21.5 Å². The van der Waals surface area contributed by atoms with E-state index in [0.717, 1.165) is 32.6 Å². The third-order valence-corrected chi connectivity index (χ3v) is 7.03. The topological polar surface area (TPSA) is 83.6 Å². The van der Waals surface area contributed by atoms with Gasteiger partial charge >= 0.3 is 6.09 Å². The van der Waals surface area contributed by atoms with Crippen molar-refractivity contribution < 1.29 is 14.3 Å². The summed E-state index contributed by atoms with van der Waals surface area (Å²) in [6.45, 7) is 13.5. The molecule has 2 aromatic rings. The largest absolute Gasteiger partial charge is 0.444 e. The van der Waals surface area contributed by atoms with Crippen LogP contribution in [0, 0.1) is 0 Å². The minimum atomic E-state index is -0.529. The molecule has 0 saturated carbocycles. The molecule has 0 fully saturated rings. The summed E-state index contributed by atoms with van der Waals surface area (Å²) < 4.78 is 5.56. The number of aromatic nitrogens is 1. The Labute approximate surface area is 198 Å². The Balaban J connectivity index is 1.85. The molecule has 3 heterocycles. The van der Waals surface area contributed by atoms with E-state index in [0.29, 0.717) is 38.5 Å². The van der Waals surface area contributed by atoms with Crippen LogP contribution in [0.4, 0.5) is 9.80 Å². The van der Waals surface area contributed by atoms with Gasteiger partial charge in [-0.25, -0.2) is 9.78 Å². The van der Waals surface area contributed by atoms with Crippen LogP contribution in [-0.4, -0.2) is 46.6 Å². The van der Waals surface area contributed by atoms with Crippen molar-refractivity contribution in [2.24, 2.45) is 0 Å². The van der Waals surface area contributed by atoms with Gasteiger partial charge in [0.05, 0.1) is 12.2 Å². The number of thiophene rings is 1. The predicted molar refractivity (Wildman–Crippen MR) is 132 cm³/mol. The number of nitrogens with one attached hydrogen (secondary N) is 2. The molecule has 0 aliphatic carbocycles. The maximum absolute atomic E-state index is 12.6. The first-order valence-electron chi connectivity index (χ1n) is 11.2. The lowest BCUT2D eigenvalue weighted by Gasteiger charge is -2.30. The number of amides is 2. The highest BCUT2D eigenvalue weighted by Gasteiger charge is 2.31. The third kappa shape index (κ3) is 6.30. The minimum absolute atomic E-state index is 0.0192. The van der Waals surface area contributed by atoms with Crippen LogP contribution in [0.15, 0.2) is 5.38 Å². The summed E-state index contributed by atoms with van der Waals surface area (Å²) in [5.41, 5.74) is 2.72. The van der Waals surface area contributed by atoms with E-state index in [-0.39, 0.29) is 12.0 Å². The van der Waals surface area contributed by atoms with Crippen LogP contribution >= 0.6 is 22.7 Å². The van der Waals surface area contributed by atoms with Crippen LogP contribution < -0.4 is 10.6 Å². The quantitative estimate of drug-likeness (QED) is 0.582. The van der Waals surface area contributed by atoms with Gasteiger partial charge in [0.2, 0.25) is 5.91 Å². The summed E-state index contributed by atoms with van der Waals surface area (Å²) in [5, 5.41) is 10.2. The van der Waals surface area contributed by atoms with Crippen molar-refractivity contribution in [1.82, 2.24) is 15.2 Å². The molecule has 7 nitrogen and oxygen atoms in total. The zero-order valence-corrected chi connectivity index (χ0v) is 21.5. The Kier molecular flexibility index (Phi) is 7.95. The summed E-state index contributed by atoms with van der Waals surface area (Å²) in [4.78, 5) is 32.9. The Morgan fingerprint density at radius 2 is 2.06 bits per heavy atom. The van der Waals surface area contributed by atoms with E-state index in [1.165, 1.54) is 5.56 Å². The highest BCUT2D eigenvalue weighted by Crippen LogP contribution is 2.44. The molecular weight excluding hydrogens is 444 g/mol. The second-order valence-corrected chi connectivity index (χ2v) is 11.2. The van der Waals surface area contributed by atoms with Crippen LogP contribution in [0.1, 0.15) is 64.1 Å². The normalized spacial score (nSPS) is 13.9. The van der Waals surface area contributed by atoms with E-state index < -0.39 is 5.60 Å². The number of hydrogen-bond donors (Lipinski definition) is 2. The monoisotopic (exact) mass is 478 g/mol. The maximum atomic E-state index is 12.6. The minimum Gasteiger partial charge on any atom is -0.444 e. The molecule has 2 amide bonds. The second kappa shape index (κ2) is 10.3. The van der Waals surface area contributed by atoms with Crippen LogP contribution in [0.25, 0.3) is 10.6 Å². The van der Waals surface area contributed by atoms with E-state index in [9.17, 15) is 9.59 Å². The molecule has 2 N–H and O–H groups in total. The summed E-state index contributed by atoms with van der Waals surface area (Å²) in [5.74, 6) is -0.0192. The summed E-state index contributed by atoms with van der Waals surface area (Å²) in [7, 11) is 0. The average molecular weight is 479 g/mol. The van der Waals surface area contributed by atoms with Gasteiger partial charge in [-0.05, 0) is 39.2 Å². The van der Waals surface area contributed by atoms with Gasteiger partial charge in [0.1, 0.15) is 15.6 Å². The molecule has 0 unspecified atom stereocenters. The van der Waals surface area contributed by atoms with Gasteiger partial charge in [0, 0.05) is 41.4 Å². The van der Waals surface area contributed by atoms with Crippen LogP contribution in [0.3, 0.4) is 0 Å². The van der Waals surface area contributed by atoms with Crippen LogP contribution in [0.2, 0.25) is 0 Å². The fourth-order valence-electron chi connectivity index (χ4n) is 3.45. The zero-order chi connectivity index (χ0) is 23.5. The van der Waals surface area contributed by atoms with E-state index >= 15 is 0 Å². The number of hydrogen-bond acceptors (Lipinski definition) is 7. The molecular formula is C23H34N4O3S2. The molecule has 0 radical (unpaired) electrons. The van der Waals surface area contributed by atoms with Crippen LogP contribution in [-0.2, 0) is 28.9 Å². The standard InChI is InChI=1S/C23H34N4O3S2/c1-7-15-13-31-20(25-15)19-16-9-11-27(22(29)30-23(4,5)6)12-17(16)32-21(19)26-18(28)8-10-24-14(2)3/h13-14,24H,7-12H2,1-6H3,(H,26,28). The van der Waals surface area contributed by atoms with Gasteiger partial charge in [-0.3, -0.25) is 4.79 Å². The number of anilines is 1. The zero-order valence-electron chi connectivity index (χ0n) is 19.8. The van der Waals surface area contributed by atoms with E-state index in [4.69, 9.17) is 9.72 Å². The predicted octanol–water partition coefficient (Wildman–Crippen LogP) is 5.05. The Morgan fingerprint density at radius 3 is 2.69 bits per heavy atom. The molecule has 0 spiro atoms. The lowest BCUT2D eigenvalue weighted by atomic mass is 10.0. The highest BCUT2D eigenvalue weighted by molar-refractivity contribution is 7.18. The van der Waals surface area contributed by atoms with Gasteiger partial charge in [0.25, 0.3) is 0 Å². The number of fused-ring (bicyclic) bond motifs is 1. The number of aryl methyl sites for hydroxylation is 1. The van der Waals surface area contributed by atoms with E-state index in [2.05, 4.69) is 36.8 Å². The van der Waals surface area contributed by atoms with Crippen LogP contribution in [0.5, 0.6) is 0 Å². The molecule has 0 aromatic carbocycles. The molecule has 1 aliphatic heterocycles. The molecule has 0 bridgehead atoms. The van der Waals surface area contributed by atoms with Crippen molar-refractivity contribution in [3.8, 4) is 10.6 Å². The molecule has 3 rings (SSSR count). The maximum Gasteiger partial charge on any atom is 0.410 e. The summed E-state index contributed by atoms with van der Waals surface area (Å²) in [6, 6.07) is 0.342. The van der Waals surface area contributed by atoms with Crippen molar-refractivity contribution in [2.75, 3.05) is 18.4 Å². The highest BCUT2D eigenvalue weighted by atomic mass is 32.1. The number of nitrogens with zero attached hydrogens (tertiary/aromatic N) is 2. The average Bonchev–Trinajstić information content (AvgIpc) is 3.29. The van der Waals surface area contributed by atoms with Gasteiger partial charge in [0.15, 0.2) is 0 Å². The van der Waals surface area contributed by atoms with E-state index in [1.54, 1.807) is 27.6 Å². The summed E-state index contributed by atoms with van der Waals surface area (Å²) >= 11 is 3.16. The first-order chi connectivity index (χ1) is 15.1. The summed E-state index contributed by atoms with van der Waals surface area (Å²) in [6.07, 6.45) is 1.69. The van der Waals surface area contributed by atoms with Gasteiger partial charge in [-0.2, -0.15) is 0 Å². The third-order valence-electron chi connectivity index (χ3n) is 4.99. The first kappa shape index (κ1) is 24.7. The molecule has 9 heteroatoms. The fourth-order valence-corrected chi connectivity index (χ4v) is 5.77. The Hall–Kier alpha value is -1.97. The molecule has 176 valence electrons. The lowest BCUT2D eigenvalue weighted by Crippen LogP contribution is -2.39. The van der Waals surface area contributed by atoms with Crippen molar-refractivity contribution in [2.45, 2.75) is 79.0 Å². The number of thiazole rings is 1. The fraction of sp³-hybridized carbons (Fsp3) is 0.609. The SMILES string of the molecule is CCc1csc(-c2c(NC(=O)CCNC(C)C)sc3c2CCN(C(=O)OC(C)(C)C)C3)n1. The lowest BCUT2D eigenvalue weighted by molar-refractivity contribution is -0.116. The van der Waals surface area contributed by atoms with Gasteiger partial charge < -0.3 is 20.3 Å². The molecule has 32 heavy (non-hydrogen) atoms. The first-order valence-corrected chi connectivity index (χ1v) is 12.9. The van der Waals surface area contributed by atoms with Crippen molar-refractivity contribution >= 4 is 39.7 Å². The Morgan fingerprint density at radius 1 is 1.31 bits per heavy atom. The smallest absolute Gasteiger partial charge is 0.410 e. The molecule has 0 saturated heterocycles. The number of carbonyl (C=O) groups is 2. The number of rotatable bonds is 7. The molecule has 0 atom stereocenters. The molecule has 2 aromatic heterocycles. The van der Waals surface area contributed by atoms with Crippen molar-refractivity contribution in [1.29, 1.82) is 0 Å². The number of carbonyl (C=O) groups excluding carboxylic acids is 2. The van der Waals surface area contributed by atoms with Crippen molar-refractivity contribution in [3.63, 3.8) is 0 Å². The van der Waals surface area contributed by atoms with E-state index in [1.807, 2.05) is 20.8 Å².